The molecule has 0 saturated carbocycles. The summed E-state index contributed by atoms with van der Waals surface area (Å²) in [6, 6.07) is 0.0420. The molecule has 2 N–H and O–H groups in total. The fraction of sp³-hybridized carbons (Fsp3) is 0.929. The molecule has 0 amide bonds. The summed E-state index contributed by atoms with van der Waals surface area (Å²) < 4.78 is 5.53. The Hall–Kier alpha value is -0.610. The number of ether oxygens (including phenoxy) is 1. The minimum atomic E-state index is -0.794. The maximum Gasteiger partial charge on any atom is 0.309 e. The number of likely N-dealkylation sites (N-methyl/N-ethyl adjacent to an activating group) is 1. The van der Waals surface area contributed by atoms with Crippen molar-refractivity contribution in [3.05, 3.63) is 0 Å². The van der Waals surface area contributed by atoms with Gasteiger partial charge in [0, 0.05) is 13.2 Å². The van der Waals surface area contributed by atoms with E-state index in [0.29, 0.717) is 5.92 Å². The summed E-state index contributed by atoms with van der Waals surface area (Å²) in [4.78, 5) is 11.6. The summed E-state index contributed by atoms with van der Waals surface area (Å²) in [5, 5.41) is 12.7. The van der Waals surface area contributed by atoms with Gasteiger partial charge in [-0.1, -0.05) is 41.0 Å². The second-order valence-electron chi connectivity index (χ2n) is 6.08. The lowest BCUT2D eigenvalue weighted by molar-refractivity contribution is -0.154. The van der Waals surface area contributed by atoms with Crippen molar-refractivity contribution in [3.8, 4) is 0 Å². The van der Waals surface area contributed by atoms with Crippen LogP contribution in [0, 0.1) is 17.3 Å². The van der Waals surface area contributed by atoms with Crippen molar-refractivity contribution in [2.75, 3.05) is 14.2 Å². The Labute approximate surface area is 111 Å². The van der Waals surface area contributed by atoms with Crippen LogP contribution in [0.15, 0.2) is 0 Å². The van der Waals surface area contributed by atoms with E-state index in [1.807, 2.05) is 27.8 Å². The van der Waals surface area contributed by atoms with Gasteiger partial charge in [0.05, 0.1) is 12.0 Å². The summed E-state index contributed by atoms with van der Waals surface area (Å²) in [5.41, 5.74) is -0.338. The number of methoxy groups -OCH3 is 1. The molecule has 0 rings (SSSR count). The molecule has 0 aromatic heterocycles. The number of rotatable bonds is 7. The van der Waals surface area contributed by atoms with Crippen LogP contribution in [0.25, 0.3) is 0 Å². The first-order valence-electron chi connectivity index (χ1n) is 6.63. The van der Waals surface area contributed by atoms with Gasteiger partial charge in [0.15, 0.2) is 0 Å². The Balaban J connectivity index is 5.29. The predicted molar refractivity (Wildman–Crippen MR) is 73.7 cm³/mol. The van der Waals surface area contributed by atoms with E-state index in [2.05, 4.69) is 19.2 Å². The molecule has 4 heteroatoms. The summed E-state index contributed by atoms with van der Waals surface area (Å²) in [6.07, 6.45) is 0.657. The second kappa shape index (κ2) is 7.10. The quantitative estimate of drug-likeness (QED) is 0.737. The Morgan fingerprint density at radius 1 is 1.39 bits per heavy atom. The molecule has 0 radical (unpaired) electrons. The summed E-state index contributed by atoms with van der Waals surface area (Å²) in [5.74, 6) is -0.962. The molecule has 0 bridgehead atoms. The van der Waals surface area contributed by atoms with Gasteiger partial charge in [-0.05, 0) is 18.4 Å². The highest BCUT2D eigenvalue weighted by atomic mass is 16.5. The van der Waals surface area contributed by atoms with Gasteiger partial charge in [-0.2, -0.15) is 0 Å². The average molecular weight is 259 g/mol. The predicted octanol–water partition coefficient (Wildman–Crippen LogP) is 2.38. The van der Waals surface area contributed by atoms with Crippen molar-refractivity contribution in [3.63, 3.8) is 0 Å². The Morgan fingerprint density at radius 3 is 2.11 bits per heavy atom. The largest absolute Gasteiger partial charge is 0.481 e. The fourth-order valence-corrected chi connectivity index (χ4v) is 2.52. The minimum absolute atomic E-state index is 0.0420. The monoisotopic (exact) mass is 259 g/mol. The summed E-state index contributed by atoms with van der Waals surface area (Å²) in [7, 11) is 3.46. The second-order valence-corrected chi connectivity index (χ2v) is 6.08. The molecule has 0 aliphatic carbocycles. The van der Waals surface area contributed by atoms with Crippen LogP contribution in [0.4, 0.5) is 0 Å². The van der Waals surface area contributed by atoms with Crippen molar-refractivity contribution in [1.82, 2.24) is 5.32 Å². The molecule has 0 aliphatic rings. The van der Waals surface area contributed by atoms with Crippen LogP contribution in [0.3, 0.4) is 0 Å². The van der Waals surface area contributed by atoms with Crippen LogP contribution in [0.2, 0.25) is 0 Å². The topological polar surface area (TPSA) is 58.6 Å². The van der Waals surface area contributed by atoms with E-state index in [-0.39, 0.29) is 17.6 Å². The van der Waals surface area contributed by atoms with Crippen molar-refractivity contribution >= 4 is 5.97 Å². The van der Waals surface area contributed by atoms with E-state index in [9.17, 15) is 9.90 Å². The zero-order valence-electron chi connectivity index (χ0n) is 12.8. The summed E-state index contributed by atoms with van der Waals surface area (Å²) in [6.45, 7) is 10.1. The third kappa shape index (κ3) is 4.25. The van der Waals surface area contributed by atoms with Crippen LogP contribution in [-0.2, 0) is 9.53 Å². The highest BCUT2D eigenvalue weighted by molar-refractivity contribution is 5.71. The molecular formula is C14H29NO3. The number of carboxylic acids is 1. The molecule has 4 nitrogen and oxygen atoms in total. The van der Waals surface area contributed by atoms with Gasteiger partial charge in [0.25, 0.3) is 0 Å². The van der Waals surface area contributed by atoms with Crippen molar-refractivity contribution in [2.45, 2.75) is 53.2 Å². The van der Waals surface area contributed by atoms with Crippen molar-refractivity contribution in [1.29, 1.82) is 0 Å². The van der Waals surface area contributed by atoms with E-state index in [1.54, 1.807) is 7.11 Å². The molecule has 0 fully saturated rings. The third-order valence-electron chi connectivity index (χ3n) is 3.74. The van der Waals surface area contributed by atoms with E-state index in [4.69, 9.17) is 4.74 Å². The number of hydrogen-bond acceptors (Lipinski definition) is 3. The van der Waals surface area contributed by atoms with E-state index in [1.165, 1.54) is 0 Å². The molecule has 18 heavy (non-hydrogen) atoms. The number of hydrogen-bond donors (Lipinski definition) is 2. The minimum Gasteiger partial charge on any atom is -0.481 e. The van der Waals surface area contributed by atoms with Gasteiger partial charge in [-0.15, -0.1) is 0 Å². The maximum atomic E-state index is 11.6. The van der Waals surface area contributed by atoms with Gasteiger partial charge in [-0.3, -0.25) is 4.79 Å². The van der Waals surface area contributed by atoms with Crippen LogP contribution < -0.4 is 5.32 Å². The highest BCUT2D eigenvalue weighted by Crippen LogP contribution is 2.33. The first-order valence-corrected chi connectivity index (χ1v) is 6.63. The standard InChI is InChI=1S/C14H29NO3/c1-8-9(2)11(15-6)12(18-7)10(13(16)17)14(3,4)5/h9-12,15H,8H2,1-7H3,(H,16,17)/t9-,10?,11-,12+/m0/s1. The lowest BCUT2D eigenvalue weighted by atomic mass is 9.73. The molecule has 4 atom stereocenters. The Bertz CT molecular complexity index is 260. The molecule has 0 heterocycles. The van der Waals surface area contributed by atoms with Gasteiger partial charge < -0.3 is 15.2 Å². The van der Waals surface area contributed by atoms with Gasteiger partial charge in [0.2, 0.25) is 0 Å². The maximum absolute atomic E-state index is 11.6. The lowest BCUT2D eigenvalue weighted by Crippen LogP contribution is -2.52. The van der Waals surface area contributed by atoms with E-state index < -0.39 is 11.9 Å². The molecule has 0 aromatic carbocycles. The number of carboxylic acid groups (broad SMARTS) is 1. The zero-order valence-corrected chi connectivity index (χ0v) is 12.8. The highest BCUT2D eigenvalue weighted by Gasteiger charge is 2.42. The number of nitrogens with one attached hydrogen (secondary N) is 1. The normalized spacial score (nSPS) is 19.1. The zero-order chi connectivity index (χ0) is 14.5. The van der Waals surface area contributed by atoms with Crippen molar-refractivity contribution < 1.29 is 14.6 Å². The molecule has 0 aromatic rings. The first kappa shape index (κ1) is 17.4. The SMILES string of the molecule is CC[C@H](C)[C@H](NC)[C@H](OC)C(C(=O)O)C(C)(C)C. The first-order chi connectivity index (χ1) is 8.20. The van der Waals surface area contributed by atoms with Crippen LogP contribution in [0.1, 0.15) is 41.0 Å². The molecule has 0 saturated heterocycles. The smallest absolute Gasteiger partial charge is 0.309 e. The Morgan fingerprint density at radius 2 is 1.89 bits per heavy atom. The molecule has 108 valence electrons. The number of carbonyl (C=O) groups is 1. The Kier molecular flexibility index (Phi) is 6.86. The molecule has 0 aliphatic heterocycles. The fourth-order valence-electron chi connectivity index (χ4n) is 2.52. The summed E-state index contributed by atoms with van der Waals surface area (Å²) >= 11 is 0. The average Bonchev–Trinajstić information content (AvgIpc) is 2.25. The van der Waals surface area contributed by atoms with Gasteiger partial charge in [0.1, 0.15) is 0 Å². The molecule has 0 spiro atoms. The van der Waals surface area contributed by atoms with E-state index in [0.717, 1.165) is 6.42 Å². The number of aliphatic carboxylic acids is 1. The van der Waals surface area contributed by atoms with Gasteiger partial charge in [-0.25, -0.2) is 0 Å². The third-order valence-corrected chi connectivity index (χ3v) is 3.74. The van der Waals surface area contributed by atoms with Crippen LogP contribution >= 0.6 is 0 Å². The van der Waals surface area contributed by atoms with E-state index >= 15 is 0 Å². The van der Waals surface area contributed by atoms with Crippen LogP contribution in [0.5, 0.6) is 0 Å². The molecule has 1 unspecified atom stereocenters. The van der Waals surface area contributed by atoms with Gasteiger partial charge >= 0.3 is 5.97 Å². The van der Waals surface area contributed by atoms with Crippen LogP contribution in [-0.4, -0.2) is 37.4 Å². The lowest BCUT2D eigenvalue weighted by Gasteiger charge is -2.39. The van der Waals surface area contributed by atoms with Crippen molar-refractivity contribution in [2.24, 2.45) is 17.3 Å². The molecular weight excluding hydrogens is 230 g/mol.